The highest BCUT2D eigenvalue weighted by atomic mass is 19.4. The molecular weight excluding hydrogens is 281 g/mol. The number of hydrogen-bond donors (Lipinski definition) is 1. The van der Waals surface area contributed by atoms with Gasteiger partial charge in [0.1, 0.15) is 0 Å². The minimum absolute atomic E-state index is 0.0654. The van der Waals surface area contributed by atoms with Gasteiger partial charge >= 0.3 is 12.1 Å². The van der Waals surface area contributed by atoms with Gasteiger partial charge in [-0.3, -0.25) is 4.79 Å². The quantitative estimate of drug-likeness (QED) is 0.804. The number of aromatic nitrogens is 3. The summed E-state index contributed by atoms with van der Waals surface area (Å²) >= 11 is 0. The Morgan fingerprint density at radius 2 is 2.05 bits per heavy atom. The van der Waals surface area contributed by atoms with E-state index in [0.29, 0.717) is 4.68 Å². The van der Waals surface area contributed by atoms with Crippen molar-refractivity contribution in [2.24, 2.45) is 0 Å². The lowest BCUT2D eigenvalue weighted by Crippen LogP contribution is -2.27. The van der Waals surface area contributed by atoms with E-state index in [9.17, 15) is 22.8 Å². The Bertz CT molecular complexity index is 498. The zero-order chi connectivity index (χ0) is 15.3. The minimum atomic E-state index is -4.80. The monoisotopic (exact) mass is 294 g/mol. The Kier molecular flexibility index (Phi) is 5.06. The number of rotatable bonds is 5. The molecule has 1 N–H and O–H groups in total. The molecule has 1 amide bonds. The second kappa shape index (κ2) is 6.35. The van der Waals surface area contributed by atoms with Crippen LogP contribution in [-0.4, -0.2) is 40.0 Å². The molecule has 10 heteroatoms. The Balaban J connectivity index is 3.01. The number of amides is 1. The highest BCUT2D eigenvalue weighted by Gasteiger charge is 2.41. The van der Waals surface area contributed by atoms with Gasteiger partial charge < -0.3 is 10.1 Å². The first kappa shape index (κ1) is 15.9. The Morgan fingerprint density at radius 1 is 1.40 bits per heavy atom. The summed E-state index contributed by atoms with van der Waals surface area (Å²) in [6.45, 7) is 2.29. The molecule has 0 spiro atoms. The number of halogens is 3. The molecule has 0 fully saturated rings. The van der Waals surface area contributed by atoms with E-state index in [1.165, 1.54) is 13.8 Å². The van der Waals surface area contributed by atoms with Crippen LogP contribution in [0.15, 0.2) is 0 Å². The highest BCUT2D eigenvalue weighted by Crippen LogP contribution is 2.31. The van der Waals surface area contributed by atoms with Crippen molar-refractivity contribution in [1.82, 2.24) is 20.3 Å². The second-order valence-electron chi connectivity index (χ2n) is 3.71. The maximum Gasteiger partial charge on any atom is 0.435 e. The normalized spacial score (nSPS) is 11.2. The third kappa shape index (κ3) is 3.93. The maximum absolute atomic E-state index is 12.9. The van der Waals surface area contributed by atoms with Crippen molar-refractivity contribution >= 4 is 11.9 Å². The van der Waals surface area contributed by atoms with Gasteiger partial charge in [-0.15, -0.1) is 5.10 Å². The molecule has 112 valence electrons. The molecule has 0 atom stereocenters. The summed E-state index contributed by atoms with van der Waals surface area (Å²) in [7, 11) is 0. The van der Waals surface area contributed by atoms with Crippen LogP contribution in [0.5, 0.6) is 0 Å². The van der Waals surface area contributed by atoms with E-state index >= 15 is 0 Å². The molecule has 1 heterocycles. The number of carbonyl (C=O) groups excluding carboxylic acids is 2. The van der Waals surface area contributed by atoms with Gasteiger partial charge in [0.2, 0.25) is 11.6 Å². The first-order valence-electron chi connectivity index (χ1n) is 5.69. The number of carbonyl (C=O) groups is 2. The summed E-state index contributed by atoms with van der Waals surface area (Å²) in [5, 5.41) is 8.81. The third-order valence-corrected chi connectivity index (χ3v) is 2.17. The topological polar surface area (TPSA) is 86.1 Å². The summed E-state index contributed by atoms with van der Waals surface area (Å²) in [6.07, 6.45) is -4.80. The van der Waals surface area contributed by atoms with Gasteiger partial charge in [0.15, 0.2) is 5.69 Å². The molecule has 7 nitrogen and oxygen atoms in total. The predicted molar refractivity (Wildman–Crippen MR) is 59.7 cm³/mol. The van der Waals surface area contributed by atoms with E-state index in [1.54, 1.807) is 0 Å². The van der Waals surface area contributed by atoms with E-state index in [-0.39, 0.29) is 25.6 Å². The number of nitrogens with one attached hydrogen (secondary N) is 1. The molecule has 0 aliphatic heterocycles. The van der Waals surface area contributed by atoms with Crippen molar-refractivity contribution in [3.05, 3.63) is 11.4 Å². The summed E-state index contributed by atoms with van der Waals surface area (Å²) in [5.41, 5.74) is -2.18. The smallest absolute Gasteiger partial charge is 0.435 e. The molecule has 20 heavy (non-hydrogen) atoms. The molecule has 0 bridgehead atoms. The third-order valence-electron chi connectivity index (χ3n) is 2.17. The first-order valence-corrected chi connectivity index (χ1v) is 5.69. The average molecular weight is 294 g/mol. The lowest BCUT2D eigenvalue weighted by molar-refractivity contribution is -0.144. The van der Waals surface area contributed by atoms with E-state index in [4.69, 9.17) is 0 Å². The standard InChI is InChI=1S/C10H13F3N4O3/c1-3-20-9(19)7-8(10(11,12)13)17(16-15-7)5-4-14-6(2)18/h3-5H2,1-2H3,(H,14,18). The van der Waals surface area contributed by atoms with E-state index in [0.717, 1.165) is 0 Å². The molecule has 1 aromatic heterocycles. The van der Waals surface area contributed by atoms with Crippen LogP contribution in [0, 0.1) is 0 Å². The zero-order valence-electron chi connectivity index (χ0n) is 10.8. The molecule has 0 saturated heterocycles. The zero-order valence-corrected chi connectivity index (χ0v) is 10.8. The molecule has 0 aliphatic rings. The fraction of sp³-hybridized carbons (Fsp3) is 0.600. The van der Waals surface area contributed by atoms with Crippen LogP contribution in [0.1, 0.15) is 30.0 Å². The molecule has 0 aromatic carbocycles. The van der Waals surface area contributed by atoms with Gasteiger partial charge in [-0.25, -0.2) is 9.48 Å². The van der Waals surface area contributed by atoms with Crippen molar-refractivity contribution in [1.29, 1.82) is 0 Å². The summed E-state index contributed by atoms with van der Waals surface area (Å²) < 4.78 is 43.8. The van der Waals surface area contributed by atoms with Crippen molar-refractivity contribution in [2.75, 3.05) is 13.2 Å². The molecule has 0 unspecified atom stereocenters. The maximum atomic E-state index is 12.9. The summed E-state index contributed by atoms with van der Waals surface area (Å²) in [6, 6.07) is 0. The van der Waals surface area contributed by atoms with Crippen LogP contribution < -0.4 is 5.32 Å². The molecule has 1 aromatic rings. The van der Waals surface area contributed by atoms with Gasteiger partial charge in [0.05, 0.1) is 13.2 Å². The van der Waals surface area contributed by atoms with Gasteiger partial charge in [0.25, 0.3) is 0 Å². The molecule has 0 aliphatic carbocycles. The van der Waals surface area contributed by atoms with Gasteiger partial charge in [-0.05, 0) is 6.92 Å². The van der Waals surface area contributed by atoms with Gasteiger partial charge in [0, 0.05) is 13.5 Å². The van der Waals surface area contributed by atoms with Crippen LogP contribution in [0.25, 0.3) is 0 Å². The lowest BCUT2D eigenvalue weighted by Gasteiger charge is -2.10. The average Bonchev–Trinajstić information content (AvgIpc) is 2.72. The Hall–Kier alpha value is -2.13. The minimum Gasteiger partial charge on any atom is -0.461 e. The van der Waals surface area contributed by atoms with E-state index < -0.39 is 23.5 Å². The molecule has 0 radical (unpaired) electrons. The number of hydrogen-bond acceptors (Lipinski definition) is 5. The second-order valence-corrected chi connectivity index (χ2v) is 3.71. The molecule has 1 rings (SSSR count). The van der Waals surface area contributed by atoms with Gasteiger partial charge in [-0.1, -0.05) is 5.21 Å². The Labute approximate surface area is 112 Å². The molecule has 0 saturated carbocycles. The predicted octanol–water partition coefficient (Wildman–Crippen LogP) is 0.610. The van der Waals surface area contributed by atoms with Crippen LogP contribution >= 0.6 is 0 Å². The van der Waals surface area contributed by atoms with Crippen LogP contribution in [0.4, 0.5) is 13.2 Å². The first-order chi connectivity index (χ1) is 9.27. The van der Waals surface area contributed by atoms with Crippen molar-refractivity contribution in [2.45, 2.75) is 26.6 Å². The summed E-state index contributed by atoms with van der Waals surface area (Å²) in [4.78, 5) is 22.1. The van der Waals surface area contributed by atoms with Crippen molar-refractivity contribution in [3.63, 3.8) is 0 Å². The van der Waals surface area contributed by atoms with Crippen LogP contribution in [0.2, 0.25) is 0 Å². The largest absolute Gasteiger partial charge is 0.461 e. The van der Waals surface area contributed by atoms with Crippen molar-refractivity contribution < 1.29 is 27.5 Å². The van der Waals surface area contributed by atoms with Crippen LogP contribution in [0.3, 0.4) is 0 Å². The fourth-order valence-electron chi connectivity index (χ4n) is 1.42. The Morgan fingerprint density at radius 3 is 2.55 bits per heavy atom. The number of esters is 1. The molecular formula is C10H13F3N4O3. The summed E-state index contributed by atoms with van der Waals surface area (Å²) in [5.74, 6) is -1.57. The number of ether oxygens (including phenoxy) is 1. The lowest BCUT2D eigenvalue weighted by atomic mass is 10.3. The SMILES string of the molecule is CCOC(=O)c1nnn(CCNC(C)=O)c1C(F)(F)F. The number of alkyl halides is 3. The highest BCUT2D eigenvalue weighted by molar-refractivity contribution is 5.88. The van der Waals surface area contributed by atoms with E-state index in [2.05, 4.69) is 20.4 Å². The van der Waals surface area contributed by atoms with E-state index in [1.807, 2.05) is 0 Å². The number of nitrogens with zero attached hydrogens (tertiary/aromatic N) is 3. The van der Waals surface area contributed by atoms with Crippen LogP contribution in [-0.2, 0) is 22.3 Å². The fourth-order valence-corrected chi connectivity index (χ4v) is 1.42. The van der Waals surface area contributed by atoms with Gasteiger partial charge in [-0.2, -0.15) is 13.2 Å². The van der Waals surface area contributed by atoms with Crippen molar-refractivity contribution in [3.8, 4) is 0 Å².